The van der Waals surface area contributed by atoms with Crippen LogP contribution in [0.25, 0.3) is 0 Å². The average Bonchev–Trinajstić information content (AvgIpc) is 1.41. The molecule has 0 aliphatic heterocycles. The van der Waals surface area contributed by atoms with Gasteiger partial charge in [-0.3, -0.25) is 0 Å². The van der Waals surface area contributed by atoms with Crippen molar-refractivity contribution in [3.63, 3.8) is 0 Å². The fourth-order valence-electron chi connectivity index (χ4n) is 0. The summed E-state index contributed by atoms with van der Waals surface area (Å²) in [5.74, 6) is 0. The topological polar surface area (TPSA) is 250 Å². The molecule has 0 rings (SSSR count). The van der Waals surface area contributed by atoms with Crippen molar-refractivity contribution >= 4 is 160 Å². The zero-order valence-corrected chi connectivity index (χ0v) is 21.6. The maximum absolute atomic E-state index is 8.88. The Bertz CT molecular complexity index is 209. The van der Waals surface area contributed by atoms with E-state index in [4.69, 9.17) is 57.7 Å². The monoisotopic (exact) mass is 552 g/mol. The third-order valence-electron chi connectivity index (χ3n) is 0. The second-order valence-corrected chi connectivity index (χ2v) is 4.22. The molecule has 0 atom stereocenters. The van der Waals surface area contributed by atoms with Gasteiger partial charge >= 0.3 is 144 Å². The predicted molar refractivity (Wildman–Crippen MR) is 46.7 cm³/mol. The smallest absolute Gasteiger partial charge is 0.822 e. The van der Waals surface area contributed by atoms with Gasteiger partial charge in [0.2, 0.25) is 0 Å². The van der Waals surface area contributed by atoms with Crippen LogP contribution in [0.2, 0.25) is 0 Å². The van der Waals surface area contributed by atoms with Crippen LogP contribution in [-0.2, 0) is 13.7 Å². The van der Waals surface area contributed by atoms with Gasteiger partial charge in [-0.1, -0.05) is 0 Å². The maximum atomic E-state index is 8.88. The van der Waals surface area contributed by atoms with Gasteiger partial charge in [0, 0.05) is 0 Å². The second kappa shape index (κ2) is 18.1. The van der Waals surface area contributed by atoms with Crippen molar-refractivity contribution in [3.05, 3.63) is 0 Å². The van der Waals surface area contributed by atoms with E-state index in [-0.39, 0.29) is 136 Å². The van der Waals surface area contributed by atoms with E-state index in [1.54, 1.807) is 0 Å². The summed E-state index contributed by atoms with van der Waals surface area (Å²) >= 11 is 0. The first-order chi connectivity index (χ1) is 6.00. The molecular formula is H3O12P3Sr3. The number of phosphoric acid groups is 3. The summed E-state index contributed by atoms with van der Waals surface area (Å²) in [5, 5.41) is 0. The number of rotatable bonds is 0. The van der Waals surface area contributed by atoms with Crippen LogP contribution in [0.5, 0.6) is 0 Å². The number of hydrogen-bond donors (Lipinski definition) is 3. The molecule has 96 valence electrons. The Morgan fingerprint density at radius 2 is 0.556 bits per heavy atom. The molecule has 0 spiro atoms. The van der Waals surface area contributed by atoms with Crippen LogP contribution in [0, 0.1) is 0 Å². The Hall–Kier alpha value is 4.77. The molecule has 0 saturated carbocycles. The zero-order chi connectivity index (χ0) is 13.5. The van der Waals surface area contributed by atoms with Crippen LogP contribution in [0.1, 0.15) is 0 Å². The van der Waals surface area contributed by atoms with E-state index in [0.29, 0.717) is 0 Å². The minimum Gasteiger partial charge on any atom is -0.822 e. The summed E-state index contributed by atoms with van der Waals surface area (Å²) in [6, 6.07) is 0. The Morgan fingerprint density at radius 1 is 0.556 bits per heavy atom. The van der Waals surface area contributed by atoms with Crippen LogP contribution in [0.4, 0.5) is 0 Å². The molecule has 0 fully saturated rings. The zero-order valence-electron chi connectivity index (χ0n) is 8.48. The molecule has 0 bridgehead atoms. The van der Waals surface area contributed by atoms with E-state index in [1.807, 2.05) is 0 Å². The van der Waals surface area contributed by atoms with Crippen molar-refractivity contribution < 1.29 is 57.7 Å². The van der Waals surface area contributed by atoms with E-state index >= 15 is 0 Å². The van der Waals surface area contributed by atoms with E-state index in [0.717, 1.165) is 0 Å². The molecule has 0 aliphatic carbocycles. The van der Waals surface area contributed by atoms with Crippen LogP contribution >= 0.6 is 23.5 Å². The normalized spacial score (nSPS) is 9.83. The molecule has 0 radical (unpaired) electrons. The van der Waals surface area contributed by atoms with Gasteiger partial charge in [-0.2, -0.15) is 15.6 Å². The maximum Gasteiger partial charge on any atom is 2.00 e. The van der Waals surface area contributed by atoms with Crippen molar-refractivity contribution in [1.29, 1.82) is 0 Å². The average molecular weight is 551 g/mol. The Morgan fingerprint density at radius 3 is 0.556 bits per heavy atom. The predicted octanol–water partition coefficient (Wildman–Crippen LogP) is -7.72. The molecule has 18 heteroatoms. The first-order valence-corrected chi connectivity index (χ1v) is 6.73. The quantitative estimate of drug-likeness (QED) is 0.188. The summed E-state index contributed by atoms with van der Waals surface area (Å²) in [6.45, 7) is 0. The summed E-state index contributed by atoms with van der Waals surface area (Å²) in [7, 11) is -15.4. The minimum absolute atomic E-state index is 0. The van der Waals surface area contributed by atoms with Crippen molar-refractivity contribution in [2.75, 3.05) is 0 Å². The third kappa shape index (κ3) is 357. The van der Waals surface area contributed by atoms with Crippen molar-refractivity contribution in [2.24, 2.45) is 0 Å². The van der Waals surface area contributed by atoms with Gasteiger partial charge in [0.15, 0.2) is 0 Å². The van der Waals surface area contributed by atoms with E-state index in [2.05, 4.69) is 0 Å². The molecule has 18 heavy (non-hydrogen) atoms. The van der Waals surface area contributed by atoms with Crippen molar-refractivity contribution in [3.8, 4) is 0 Å². The van der Waals surface area contributed by atoms with Crippen LogP contribution in [0.3, 0.4) is 0 Å². The Labute approximate surface area is 212 Å². The fraction of sp³-hybridized carbons (Fsp3) is 0. The Kier molecular flexibility index (Phi) is 38.6. The molecule has 12 nitrogen and oxygen atoms in total. The summed E-state index contributed by atoms with van der Waals surface area (Å²) < 4.78 is 26.0. The number of hydrogen-bond acceptors (Lipinski definition) is 9. The van der Waals surface area contributed by atoms with E-state index in [9.17, 15) is 0 Å². The van der Waals surface area contributed by atoms with Gasteiger partial charge in [0.1, 0.15) is 0 Å². The van der Waals surface area contributed by atoms with E-state index in [1.165, 1.54) is 0 Å². The van der Waals surface area contributed by atoms with Crippen LogP contribution in [-0.4, -0.2) is 151 Å². The van der Waals surface area contributed by atoms with Crippen molar-refractivity contribution in [1.82, 2.24) is 0 Å². The van der Waals surface area contributed by atoms with Crippen LogP contribution in [0.15, 0.2) is 0 Å². The molecule has 0 unspecified atom stereocenters. The van der Waals surface area contributed by atoms with Crippen molar-refractivity contribution in [2.45, 2.75) is 0 Å². The SMILES string of the molecule is O=P(O)(O)O.O=P([O-])([O-])[O-].O=P([O-])([O-])[O-].[Sr+2].[Sr+2].[Sr+2]. The van der Waals surface area contributed by atoms with Gasteiger partial charge in [-0.25, -0.2) is 4.57 Å². The van der Waals surface area contributed by atoms with Gasteiger partial charge in [-0.05, 0) is 0 Å². The molecule has 0 aliphatic rings. The summed E-state index contributed by atoms with van der Waals surface area (Å²) in [6.07, 6.45) is 0. The van der Waals surface area contributed by atoms with Gasteiger partial charge in [0.25, 0.3) is 0 Å². The van der Waals surface area contributed by atoms with Crippen LogP contribution < -0.4 is 29.4 Å². The molecule has 0 heterocycles. The van der Waals surface area contributed by atoms with Gasteiger partial charge in [-0.15, -0.1) is 0 Å². The molecule has 0 aromatic rings. The third-order valence-corrected chi connectivity index (χ3v) is 0. The molecule has 0 aromatic carbocycles. The molecular weight excluding hydrogens is 548 g/mol. The molecule has 3 N–H and O–H groups in total. The second-order valence-electron chi connectivity index (χ2n) is 1.41. The summed E-state index contributed by atoms with van der Waals surface area (Å²) in [5.41, 5.74) is 0. The van der Waals surface area contributed by atoms with Gasteiger partial charge in [0.05, 0.1) is 0 Å². The largest absolute Gasteiger partial charge is 2.00 e. The molecule has 0 aromatic heterocycles. The molecule has 0 saturated heterocycles. The summed E-state index contributed by atoms with van der Waals surface area (Å²) in [4.78, 5) is 72.9. The minimum atomic E-state index is -5.39. The van der Waals surface area contributed by atoms with Gasteiger partial charge < -0.3 is 53.2 Å². The van der Waals surface area contributed by atoms with E-state index < -0.39 is 23.5 Å². The first kappa shape index (κ1) is 38.4. The fourth-order valence-corrected chi connectivity index (χ4v) is 0. The standard InChI is InChI=1S/3H3O4P.3Sr/c3*1-5(2,3)4;;;/h3*(H3,1,2,3,4);;;/q;;;3*+2/p-6. The molecule has 0 amide bonds. The Balaban J connectivity index is -0.0000000277. The first-order valence-electron chi connectivity index (χ1n) is 2.24.